The van der Waals surface area contributed by atoms with Crippen molar-refractivity contribution in [3.05, 3.63) is 29.3 Å². The third-order valence-corrected chi connectivity index (χ3v) is 5.26. The second kappa shape index (κ2) is 8.82. The molecule has 0 saturated heterocycles. The first-order valence-corrected chi connectivity index (χ1v) is 9.43. The van der Waals surface area contributed by atoms with Crippen molar-refractivity contribution in [2.75, 3.05) is 31.7 Å². The fourth-order valence-electron chi connectivity index (χ4n) is 1.90. The average molecular weight is 380 g/mol. The van der Waals surface area contributed by atoms with Crippen LogP contribution in [0, 0.1) is 13.8 Å². The van der Waals surface area contributed by atoms with Crippen LogP contribution in [0.2, 0.25) is 0 Å². The molecule has 134 valence electrons. The Morgan fingerprint density at radius 3 is 2.68 bits per heavy atom. The molecule has 0 aliphatic rings. The maximum atomic E-state index is 11.8. The van der Waals surface area contributed by atoms with Crippen molar-refractivity contribution in [3.63, 3.8) is 0 Å². The van der Waals surface area contributed by atoms with E-state index in [1.807, 2.05) is 26.0 Å². The van der Waals surface area contributed by atoms with Crippen molar-refractivity contribution < 1.29 is 9.59 Å². The molecular formula is C16H21N5O2S2. The van der Waals surface area contributed by atoms with Gasteiger partial charge in [-0.1, -0.05) is 40.8 Å². The third-order valence-electron chi connectivity index (χ3n) is 3.29. The summed E-state index contributed by atoms with van der Waals surface area (Å²) in [5.74, 6) is -0.160. The normalized spacial score (nSPS) is 10.4. The van der Waals surface area contributed by atoms with Crippen molar-refractivity contribution in [2.45, 2.75) is 18.2 Å². The van der Waals surface area contributed by atoms with Gasteiger partial charge in [0.2, 0.25) is 16.9 Å². The Morgan fingerprint density at radius 2 is 2.00 bits per heavy atom. The lowest BCUT2D eigenvalue weighted by atomic mass is 10.1. The van der Waals surface area contributed by atoms with Gasteiger partial charge in [0.05, 0.1) is 12.3 Å². The van der Waals surface area contributed by atoms with Gasteiger partial charge >= 0.3 is 0 Å². The van der Waals surface area contributed by atoms with E-state index in [9.17, 15) is 9.59 Å². The van der Waals surface area contributed by atoms with Crippen LogP contribution in [0.5, 0.6) is 0 Å². The molecular weight excluding hydrogens is 358 g/mol. The molecule has 0 aliphatic carbocycles. The van der Waals surface area contributed by atoms with E-state index < -0.39 is 0 Å². The summed E-state index contributed by atoms with van der Waals surface area (Å²) in [6, 6.07) is 6.14. The number of hydrogen-bond donors (Lipinski definition) is 2. The lowest BCUT2D eigenvalue weighted by molar-refractivity contribution is -0.130. The smallest absolute Gasteiger partial charge is 0.241 e. The zero-order valence-electron chi connectivity index (χ0n) is 14.6. The molecule has 1 aromatic carbocycles. The van der Waals surface area contributed by atoms with Gasteiger partial charge in [-0.15, -0.1) is 10.2 Å². The first-order valence-electron chi connectivity index (χ1n) is 7.62. The van der Waals surface area contributed by atoms with Gasteiger partial charge in [-0.25, -0.2) is 0 Å². The number of aryl methyl sites for hydroxylation is 2. The van der Waals surface area contributed by atoms with Gasteiger partial charge in [-0.3, -0.25) is 9.59 Å². The summed E-state index contributed by atoms with van der Waals surface area (Å²) in [6.07, 6.45) is 0. The molecule has 7 nitrogen and oxygen atoms in total. The van der Waals surface area contributed by atoms with Gasteiger partial charge in [0, 0.05) is 19.8 Å². The molecule has 0 fully saturated rings. The number of nitrogens with zero attached hydrogens (tertiary/aromatic N) is 3. The maximum Gasteiger partial charge on any atom is 0.241 e. The number of aromatic nitrogens is 2. The Hall–Kier alpha value is -2.13. The highest BCUT2D eigenvalue weighted by molar-refractivity contribution is 8.01. The zero-order chi connectivity index (χ0) is 18.4. The number of carbonyl (C=O) groups is 2. The van der Waals surface area contributed by atoms with Crippen molar-refractivity contribution in [2.24, 2.45) is 0 Å². The van der Waals surface area contributed by atoms with Crippen LogP contribution in [0.1, 0.15) is 11.1 Å². The van der Waals surface area contributed by atoms with E-state index in [0.29, 0.717) is 9.47 Å². The van der Waals surface area contributed by atoms with Crippen LogP contribution in [-0.4, -0.2) is 53.3 Å². The summed E-state index contributed by atoms with van der Waals surface area (Å²) in [7, 11) is 3.30. The van der Waals surface area contributed by atoms with Crippen LogP contribution >= 0.6 is 23.1 Å². The lowest BCUT2D eigenvalue weighted by Gasteiger charge is -2.10. The van der Waals surface area contributed by atoms with Crippen LogP contribution in [-0.2, 0) is 9.59 Å². The molecule has 1 aromatic heterocycles. The Morgan fingerprint density at radius 1 is 1.24 bits per heavy atom. The van der Waals surface area contributed by atoms with Gasteiger partial charge < -0.3 is 15.5 Å². The van der Waals surface area contributed by atoms with Crippen LogP contribution in [0.3, 0.4) is 0 Å². The summed E-state index contributed by atoms with van der Waals surface area (Å²) in [4.78, 5) is 24.6. The monoisotopic (exact) mass is 379 g/mol. The predicted molar refractivity (Wildman–Crippen MR) is 102 cm³/mol. The van der Waals surface area contributed by atoms with Crippen LogP contribution in [0.4, 0.5) is 10.8 Å². The second-order valence-electron chi connectivity index (χ2n) is 5.67. The third kappa shape index (κ3) is 6.02. The Kier molecular flexibility index (Phi) is 6.77. The Balaban J connectivity index is 1.83. The molecule has 0 bridgehead atoms. The Labute approximate surface area is 155 Å². The second-order valence-corrected chi connectivity index (χ2v) is 7.87. The molecule has 9 heteroatoms. The Bertz CT molecular complexity index is 761. The fourth-order valence-corrected chi connectivity index (χ4v) is 3.49. The maximum absolute atomic E-state index is 11.8. The van der Waals surface area contributed by atoms with Gasteiger partial charge in [0.25, 0.3) is 0 Å². The highest BCUT2D eigenvalue weighted by Gasteiger charge is 2.11. The van der Waals surface area contributed by atoms with E-state index in [1.54, 1.807) is 14.1 Å². The van der Waals surface area contributed by atoms with Crippen molar-refractivity contribution >= 4 is 45.7 Å². The van der Waals surface area contributed by atoms with Crippen molar-refractivity contribution in [1.82, 2.24) is 20.4 Å². The quantitative estimate of drug-likeness (QED) is 0.717. The molecule has 0 aliphatic heterocycles. The number of benzene rings is 1. The van der Waals surface area contributed by atoms with Gasteiger partial charge in [-0.2, -0.15) is 0 Å². The van der Waals surface area contributed by atoms with E-state index in [2.05, 4.69) is 26.9 Å². The number of anilines is 2. The SMILES string of the molecule is Cc1ccc(Nc2nnc(SCC(=O)NCC(=O)N(C)C)s2)c(C)c1. The number of thioether (sulfide) groups is 1. The molecule has 2 N–H and O–H groups in total. The van der Waals surface area contributed by atoms with E-state index in [-0.39, 0.29) is 24.1 Å². The highest BCUT2D eigenvalue weighted by Crippen LogP contribution is 2.28. The predicted octanol–water partition coefficient (Wildman–Crippen LogP) is 2.20. The molecule has 2 aromatic rings. The van der Waals surface area contributed by atoms with E-state index in [0.717, 1.165) is 11.3 Å². The number of rotatable bonds is 7. The van der Waals surface area contributed by atoms with E-state index in [1.165, 1.54) is 33.6 Å². The summed E-state index contributed by atoms with van der Waals surface area (Å²) < 4.78 is 0.696. The van der Waals surface area contributed by atoms with Crippen molar-refractivity contribution in [3.8, 4) is 0 Å². The standard InChI is InChI=1S/C16H21N5O2S2/c1-10-5-6-12(11(2)7-10)18-15-19-20-16(25-15)24-9-13(22)17-8-14(23)21(3)4/h5-7H,8-9H2,1-4H3,(H,17,22)(H,18,19). The topological polar surface area (TPSA) is 87.2 Å². The summed E-state index contributed by atoms with van der Waals surface area (Å²) >= 11 is 2.68. The zero-order valence-corrected chi connectivity index (χ0v) is 16.3. The first kappa shape index (κ1) is 19.2. The molecule has 0 spiro atoms. The fraction of sp³-hybridized carbons (Fsp3) is 0.375. The number of hydrogen-bond acceptors (Lipinski definition) is 7. The molecule has 0 atom stereocenters. The molecule has 2 amide bonds. The molecule has 0 unspecified atom stereocenters. The largest absolute Gasteiger partial charge is 0.347 e. The number of amides is 2. The molecule has 0 radical (unpaired) electrons. The first-order chi connectivity index (χ1) is 11.8. The minimum Gasteiger partial charge on any atom is -0.347 e. The van der Waals surface area contributed by atoms with Crippen molar-refractivity contribution in [1.29, 1.82) is 0 Å². The summed E-state index contributed by atoms with van der Waals surface area (Å²) in [5, 5.41) is 14.7. The highest BCUT2D eigenvalue weighted by atomic mass is 32.2. The van der Waals surface area contributed by atoms with Gasteiger partial charge in [0.1, 0.15) is 0 Å². The van der Waals surface area contributed by atoms with Gasteiger partial charge in [0.15, 0.2) is 4.34 Å². The lowest BCUT2D eigenvalue weighted by Crippen LogP contribution is -2.36. The minimum absolute atomic E-state index is 0.00200. The minimum atomic E-state index is -0.209. The van der Waals surface area contributed by atoms with Gasteiger partial charge in [-0.05, 0) is 25.5 Å². The van der Waals surface area contributed by atoms with E-state index >= 15 is 0 Å². The number of likely N-dealkylation sites (N-methyl/N-ethyl adjacent to an activating group) is 1. The summed E-state index contributed by atoms with van der Waals surface area (Å²) in [6.45, 7) is 4.08. The summed E-state index contributed by atoms with van der Waals surface area (Å²) in [5.41, 5.74) is 3.32. The number of nitrogens with one attached hydrogen (secondary N) is 2. The van der Waals surface area contributed by atoms with Crippen LogP contribution in [0.15, 0.2) is 22.5 Å². The molecule has 2 rings (SSSR count). The molecule has 1 heterocycles. The van der Waals surface area contributed by atoms with Crippen LogP contribution < -0.4 is 10.6 Å². The number of carbonyl (C=O) groups excluding carboxylic acids is 2. The van der Waals surface area contributed by atoms with Crippen LogP contribution in [0.25, 0.3) is 0 Å². The average Bonchev–Trinajstić information content (AvgIpc) is 3.00. The molecule has 0 saturated carbocycles. The van der Waals surface area contributed by atoms with E-state index in [4.69, 9.17) is 0 Å². The molecule has 25 heavy (non-hydrogen) atoms.